The van der Waals surface area contributed by atoms with Gasteiger partial charge in [-0.3, -0.25) is 0 Å². The Labute approximate surface area is 137 Å². The summed E-state index contributed by atoms with van der Waals surface area (Å²) in [5, 5.41) is 0. The molecular formula is C15H24N2O5S. The lowest BCUT2D eigenvalue weighted by atomic mass is 10.0. The van der Waals surface area contributed by atoms with Gasteiger partial charge in [-0.2, -0.15) is 0 Å². The summed E-state index contributed by atoms with van der Waals surface area (Å²) < 4.78 is 44.3. The van der Waals surface area contributed by atoms with Crippen LogP contribution >= 0.6 is 0 Å². The minimum absolute atomic E-state index is 0.0389. The third-order valence-electron chi connectivity index (χ3n) is 4.24. The van der Waals surface area contributed by atoms with E-state index in [9.17, 15) is 8.42 Å². The first-order chi connectivity index (χ1) is 10.9. The molecule has 0 atom stereocenters. The van der Waals surface area contributed by atoms with Crippen LogP contribution in [0.3, 0.4) is 0 Å². The number of nitrogens with two attached hydrogens (primary N) is 1. The highest BCUT2D eigenvalue weighted by Gasteiger charge is 2.39. The molecule has 1 fully saturated rings. The fourth-order valence-corrected chi connectivity index (χ4v) is 4.75. The molecule has 0 heterocycles. The first-order valence-electron chi connectivity index (χ1n) is 7.45. The van der Waals surface area contributed by atoms with Gasteiger partial charge in [-0.25, -0.2) is 13.1 Å². The van der Waals surface area contributed by atoms with Gasteiger partial charge in [0.25, 0.3) is 0 Å². The first-order valence-corrected chi connectivity index (χ1v) is 8.94. The Kier molecular flexibility index (Phi) is 5.38. The van der Waals surface area contributed by atoms with Crippen molar-refractivity contribution in [3.05, 3.63) is 12.1 Å². The summed E-state index contributed by atoms with van der Waals surface area (Å²) in [5.74, 6) is 0.782. The molecule has 0 amide bonds. The number of methoxy groups -OCH3 is 3. The third-order valence-corrected chi connectivity index (χ3v) is 5.88. The maximum Gasteiger partial charge on any atom is 0.248 e. The van der Waals surface area contributed by atoms with E-state index in [1.165, 1.54) is 33.5 Å². The standard InChI is InChI=1S/C15H24N2O5S/c1-20-11-8-12(21-2)14(13(9-11)22-3)23(18,19)17-15(10-16)6-4-5-7-15/h8-9,17H,4-7,10,16H2,1-3H3. The van der Waals surface area contributed by atoms with Crippen molar-refractivity contribution in [2.75, 3.05) is 27.9 Å². The quantitative estimate of drug-likeness (QED) is 0.772. The average Bonchev–Trinajstić information content (AvgIpc) is 3.01. The normalized spacial score (nSPS) is 17.0. The molecular weight excluding hydrogens is 320 g/mol. The Bertz CT molecular complexity index is 629. The van der Waals surface area contributed by atoms with Crippen LogP contribution in [-0.2, 0) is 10.0 Å². The fourth-order valence-electron chi connectivity index (χ4n) is 2.97. The van der Waals surface area contributed by atoms with Gasteiger partial charge >= 0.3 is 0 Å². The molecule has 130 valence electrons. The zero-order valence-corrected chi connectivity index (χ0v) is 14.5. The second-order valence-electron chi connectivity index (χ2n) is 5.66. The lowest BCUT2D eigenvalue weighted by Gasteiger charge is -2.29. The molecule has 3 N–H and O–H groups in total. The van der Waals surface area contributed by atoms with Crippen molar-refractivity contribution in [2.24, 2.45) is 5.73 Å². The molecule has 0 aromatic heterocycles. The molecule has 0 radical (unpaired) electrons. The van der Waals surface area contributed by atoms with E-state index in [1.807, 2.05) is 0 Å². The monoisotopic (exact) mass is 344 g/mol. The largest absolute Gasteiger partial charge is 0.496 e. The molecule has 7 nitrogen and oxygen atoms in total. The summed E-state index contributed by atoms with van der Waals surface area (Å²) >= 11 is 0. The molecule has 0 unspecified atom stereocenters. The molecule has 1 aliphatic carbocycles. The molecule has 23 heavy (non-hydrogen) atoms. The van der Waals surface area contributed by atoms with Crippen LogP contribution < -0.4 is 24.7 Å². The van der Waals surface area contributed by atoms with Gasteiger partial charge in [-0.15, -0.1) is 0 Å². The van der Waals surface area contributed by atoms with Crippen LogP contribution in [0.5, 0.6) is 17.2 Å². The summed E-state index contributed by atoms with van der Waals surface area (Å²) in [4.78, 5) is -0.0389. The summed E-state index contributed by atoms with van der Waals surface area (Å²) in [6.45, 7) is 0.257. The van der Waals surface area contributed by atoms with Crippen LogP contribution in [0.25, 0.3) is 0 Å². The van der Waals surface area contributed by atoms with Gasteiger partial charge in [0.15, 0.2) is 4.90 Å². The van der Waals surface area contributed by atoms with Gasteiger partial charge in [0, 0.05) is 24.2 Å². The van der Waals surface area contributed by atoms with Crippen molar-refractivity contribution in [1.29, 1.82) is 0 Å². The van der Waals surface area contributed by atoms with E-state index < -0.39 is 15.6 Å². The SMILES string of the molecule is COc1cc(OC)c(S(=O)(=O)NC2(CN)CCCC2)c(OC)c1. The second-order valence-corrected chi connectivity index (χ2v) is 7.28. The number of hydrogen-bond acceptors (Lipinski definition) is 6. The first kappa shape index (κ1) is 17.8. The molecule has 0 bridgehead atoms. The molecule has 1 aliphatic rings. The van der Waals surface area contributed by atoms with Crippen LogP contribution in [-0.4, -0.2) is 41.8 Å². The minimum Gasteiger partial charge on any atom is -0.496 e. The number of hydrogen-bond donors (Lipinski definition) is 2. The summed E-state index contributed by atoms with van der Waals surface area (Å²) in [5.41, 5.74) is 5.23. The minimum atomic E-state index is -3.86. The van der Waals surface area contributed by atoms with Crippen LogP contribution in [0.4, 0.5) is 0 Å². The molecule has 8 heteroatoms. The summed E-state index contributed by atoms with van der Waals surface area (Å²) in [6, 6.07) is 3.03. The maximum atomic E-state index is 12.9. The van der Waals surface area contributed by atoms with Crippen LogP contribution in [0.15, 0.2) is 17.0 Å². The van der Waals surface area contributed by atoms with E-state index >= 15 is 0 Å². The Morgan fingerprint density at radius 2 is 1.61 bits per heavy atom. The van der Waals surface area contributed by atoms with Crippen molar-refractivity contribution in [3.8, 4) is 17.2 Å². The van der Waals surface area contributed by atoms with Crippen molar-refractivity contribution >= 4 is 10.0 Å². The van der Waals surface area contributed by atoms with E-state index in [2.05, 4.69) is 4.72 Å². The molecule has 1 saturated carbocycles. The smallest absolute Gasteiger partial charge is 0.248 e. The molecule has 0 aliphatic heterocycles. The highest BCUT2D eigenvalue weighted by Crippen LogP contribution is 2.39. The molecule has 0 saturated heterocycles. The summed E-state index contributed by atoms with van der Waals surface area (Å²) in [7, 11) is 0.437. The number of ether oxygens (including phenoxy) is 3. The lowest BCUT2D eigenvalue weighted by molar-refractivity contribution is 0.355. The van der Waals surface area contributed by atoms with Gasteiger partial charge in [0.2, 0.25) is 10.0 Å². The maximum absolute atomic E-state index is 12.9. The Morgan fingerprint density at radius 3 is 2.00 bits per heavy atom. The summed E-state index contributed by atoms with van der Waals surface area (Å²) in [6.07, 6.45) is 3.36. The molecule has 1 aromatic carbocycles. The van der Waals surface area contributed by atoms with E-state index in [4.69, 9.17) is 19.9 Å². The number of nitrogens with one attached hydrogen (secondary N) is 1. The average molecular weight is 344 g/mol. The number of benzene rings is 1. The van der Waals surface area contributed by atoms with Gasteiger partial charge in [0.05, 0.1) is 21.3 Å². The van der Waals surface area contributed by atoms with E-state index in [0.717, 1.165) is 25.7 Å². The van der Waals surface area contributed by atoms with Crippen molar-refractivity contribution in [3.63, 3.8) is 0 Å². The third kappa shape index (κ3) is 3.54. The van der Waals surface area contributed by atoms with Crippen molar-refractivity contribution in [2.45, 2.75) is 36.1 Å². The predicted octanol–water partition coefficient (Wildman–Crippen LogP) is 1.26. The lowest BCUT2D eigenvalue weighted by Crippen LogP contribution is -2.51. The van der Waals surface area contributed by atoms with Gasteiger partial charge in [-0.05, 0) is 12.8 Å². The Balaban J connectivity index is 2.50. The zero-order chi connectivity index (χ0) is 17.1. The van der Waals surface area contributed by atoms with E-state index in [-0.39, 0.29) is 22.9 Å². The Morgan fingerprint density at radius 1 is 1.09 bits per heavy atom. The molecule has 2 rings (SSSR count). The zero-order valence-electron chi connectivity index (χ0n) is 13.7. The highest BCUT2D eigenvalue weighted by atomic mass is 32.2. The Hall–Kier alpha value is -1.51. The van der Waals surface area contributed by atoms with Crippen LogP contribution in [0.1, 0.15) is 25.7 Å². The van der Waals surface area contributed by atoms with Crippen LogP contribution in [0, 0.1) is 0 Å². The van der Waals surface area contributed by atoms with E-state index in [1.54, 1.807) is 0 Å². The number of sulfonamides is 1. The van der Waals surface area contributed by atoms with Crippen molar-refractivity contribution in [1.82, 2.24) is 4.72 Å². The highest BCUT2D eigenvalue weighted by molar-refractivity contribution is 7.89. The van der Waals surface area contributed by atoms with Crippen molar-refractivity contribution < 1.29 is 22.6 Å². The van der Waals surface area contributed by atoms with E-state index in [0.29, 0.717) is 5.75 Å². The van der Waals surface area contributed by atoms with Crippen LogP contribution in [0.2, 0.25) is 0 Å². The van der Waals surface area contributed by atoms with Gasteiger partial charge in [-0.1, -0.05) is 12.8 Å². The predicted molar refractivity (Wildman–Crippen MR) is 86.7 cm³/mol. The topological polar surface area (TPSA) is 99.9 Å². The second kappa shape index (κ2) is 6.94. The number of rotatable bonds is 7. The molecule has 0 spiro atoms. The molecule has 1 aromatic rings. The fraction of sp³-hybridized carbons (Fsp3) is 0.600. The van der Waals surface area contributed by atoms with Gasteiger partial charge < -0.3 is 19.9 Å². The van der Waals surface area contributed by atoms with Gasteiger partial charge in [0.1, 0.15) is 17.2 Å².